The number of nitrogens with zero attached hydrogens (tertiary/aromatic N) is 1. The Bertz CT molecular complexity index is 235. The van der Waals surface area contributed by atoms with Crippen molar-refractivity contribution in [3.63, 3.8) is 0 Å². The van der Waals surface area contributed by atoms with Crippen LogP contribution in [0.1, 0.15) is 0 Å². The van der Waals surface area contributed by atoms with Crippen molar-refractivity contribution in [2.24, 2.45) is 0 Å². The molecule has 2 nitrogen and oxygen atoms in total. The number of hydrogen-bond donors (Lipinski definition) is 0. The Hall–Kier alpha value is -1.44. The van der Waals surface area contributed by atoms with Crippen molar-refractivity contribution < 1.29 is 4.74 Å². The molecule has 0 aliphatic carbocycles. The minimum absolute atomic E-state index is 0.0659. The molecular weight excluding hydrogens is 150 g/mol. The average molecular weight is 161 g/mol. The van der Waals surface area contributed by atoms with E-state index < -0.39 is 0 Å². The summed E-state index contributed by atoms with van der Waals surface area (Å²) in [5.74, 6) is 0. The van der Waals surface area contributed by atoms with Gasteiger partial charge in [-0.2, -0.15) is 0 Å². The summed E-state index contributed by atoms with van der Waals surface area (Å²) < 4.78 is 5.39. The van der Waals surface area contributed by atoms with E-state index in [1.165, 1.54) is 0 Å². The molecule has 2 aliphatic rings. The first kappa shape index (κ1) is 7.22. The third-order valence-corrected chi connectivity index (χ3v) is 1.85. The van der Waals surface area contributed by atoms with Gasteiger partial charge in [0.25, 0.3) is 0 Å². The van der Waals surface area contributed by atoms with Crippen LogP contribution in [0.5, 0.6) is 0 Å². The van der Waals surface area contributed by atoms with Crippen molar-refractivity contribution in [1.29, 1.82) is 0 Å². The SMILES string of the molecule is C1=CCN([C@H]2C=CC=CO2)C=C1. The molecule has 2 heterocycles. The molecule has 0 saturated carbocycles. The van der Waals surface area contributed by atoms with Crippen molar-refractivity contribution in [2.75, 3.05) is 6.54 Å². The van der Waals surface area contributed by atoms with Gasteiger partial charge in [-0.3, -0.25) is 0 Å². The molecule has 12 heavy (non-hydrogen) atoms. The van der Waals surface area contributed by atoms with Gasteiger partial charge in [0.1, 0.15) is 0 Å². The third kappa shape index (κ3) is 1.42. The van der Waals surface area contributed by atoms with E-state index in [-0.39, 0.29) is 6.23 Å². The molecule has 2 rings (SSSR count). The fraction of sp³-hybridized carbons (Fsp3) is 0.200. The third-order valence-electron chi connectivity index (χ3n) is 1.85. The average Bonchev–Trinajstić information content (AvgIpc) is 2.21. The minimum Gasteiger partial charge on any atom is -0.475 e. The summed E-state index contributed by atoms with van der Waals surface area (Å²) in [4.78, 5) is 2.12. The number of rotatable bonds is 1. The highest BCUT2D eigenvalue weighted by molar-refractivity contribution is 5.13. The zero-order chi connectivity index (χ0) is 8.23. The summed E-state index contributed by atoms with van der Waals surface area (Å²) in [6, 6.07) is 0. The van der Waals surface area contributed by atoms with Crippen molar-refractivity contribution in [1.82, 2.24) is 4.90 Å². The van der Waals surface area contributed by atoms with Crippen LogP contribution in [0.3, 0.4) is 0 Å². The Labute approximate surface area is 72.1 Å². The predicted octanol–water partition coefficient (Wildman–Crippen LogP) is 1.80. The summed E-state index contributed by atoms with van der Waals surface area (Å²) in [7, 11) is 0. The maximum absolute atomic E-state index is 5.39. The molecule has 0 bridgehead atoms. The van der Waals surface area contributed by atoms with Crippen molar-refractivity contribution >= 4 is 0 Å². The van der Waals surface area contributed by atoms with Crippen molar-refractivity contribution in [3.05, 3.63) is 48.9 Å². The molecule has 0 aromatic heterocycles. The van der Waals surface area contributed by atoms with Gasteiger partial charge in [0.2, 0.25) is 0 Å². The van der Waals surface area contributed by atoms with E-state index in [1.807, 2.05) is 36.6 Å². The molecule has 2 aliphatic heterocycles. The van der Waals surface area contributed by atoms with Gasteiger partial charge in [0, 0.05) is 12.7 Å². The first-order chi connectivity index (χ1) is 5.97. The number of hydrogen-bond acceptors (Lipinski definition) is 2. The lowest BCUT2D eigenvalue weighted by Crippen LogP contribution is -2.32. The largest absolute Gasteiger partial charge is 0.475 e. The highest BCUT2D eigenvalue weighted by Crippen LogP contribution is 2.11. The summed E-state index contributed by atoms with van der Waals surface area (Å²) in [5.41, 5.74) is 0. The number of allylic oxidation sites excluding steroid dienone is 4. The van der Waals surface area contributed by atoms with Crippen LogP contribution in [-0.2, 0) is 4.74 Å². The van der Waals surface area contributed by atoms with E-state index >= 15 is 0 Å². The van der Waals surface area contributed by atoms with Gasteiger partial charge in [-0.15, -0.1) is 0 Å². The van der Waals surface area contributed by atoms with Crippen LogP contribution in [0.2, 0.25) is 0 Å². The highest BCUT2D eigenvalue weighted by Gasteiger charge is 2.12. The molecule has 0 radical (unpaired) electrons. The van der Waals surface area contributed by atoms with Crippen molar-refractivity contribution in [3.8, 4) is 0 Å². The smallest absolute Gasteiger partial charge is 0.191 e. The molecule has 0 spiro atoms. The van der Waals surface area contributed by atoms with Crippen LogP contribution in [-0.4, -0.2) is 17.7 Å². The fourth-order valence-electron chi connectivity index (χ4n) is 1.24. The lowest BCUT2D eigenvalue weighted by molar-refractivity contribution is 0.0655. The second-order valence-electron chi connectivity index (χ2n) is 2.71. The topological polar surface area (TPSA) is 12.5 Å². The van der Waals surface area contributed by atoms with Gasteiger partial charge in [0.15, 0.2) is 6.23 Å². The molecule has 1 atom stereocenters. The van der Waals surface area contributed by atoms with Crippen LogP contribution in [0.15, 0.2) is 48.9 Å². The highest BCUT2D eigenvalue weighted by atomic mass is 16.5. The van der Waals surface area contributed by atoms with E-state index in [4.69, 9.17) is 4.74 Å². The molecule has 62 valence electrons. The molecule has 0 amide bonds. The summed E-state index contributed by atoms with van der Waals surface area (Å²) >= 11 is 0. The van der Waals surface area contributed by atoms with E-state index in [0.29, 0.717) is 0 Å². The molecule has 2 heteroatoms. The molecule has 0 fully saturated rings. The van der Waals surface area contributed by atoms with Crippen LogP contribution in [0.25, 0.3) is 0 Å². The second kappa shape index (κ2) is 3.30. The Balaban J connectivity index is 2.01. The Kier molecular flexibility index (Phi) is 1.99. The van der Waals surface area contributed by atoms with E-state index in [1.54, 1.807) is 6.26 Å². The molecule has 0 saturated heterocycles. The first-order valence-corrected chi connectivity index (χ1v) is 4.05. The van der Waals surface area contributed by atoms with Gasteiger partial charge in [0.05, 0.1) is 6.26 Å². The standard InChI is InChI=1S/C10H11NO/c1-3-7-11(8-4-1)10-6-2-5-9-12-10/h1-7,9-10H,8H2/t10-/m1/s1. The Morgan fingerprint density at radius 3 is 2.83 bits per heavy atom. The quantitative estimate of drug-likeness (QED) is 0.581. The van der Waals surface area contributed by atoms with Gasteiger partial charge in [-0.05, 0) is 18.2 Å². The fourth-order valence-corrected chi connectivity index (χ4v) is 1.24. The molecule has 0 aromatic carbocycles. The van der Waals surface area contributed by atoms with Crippen LogP contribution < -0.4 is 0 Å². The van der Waals surface area contributed by atoms with Gasteiger partial charge < -0.3 is 9.64 Å². The predicted molar refractivity (Wildman–Crippen MR) is 48.1 cm³/mol. The lowest BCUT2D eigenvalue weighted by Gasteiger charge is -2.28. The summed E-state index contributed by atoms with van der Waals surface area (Å²) in [6.45, 7) is 0.916. The second-order valence-corrected chi connectivity index (χ2v) is 2.71. The lowest BCUT2D eigenvalue weighted by atomic mass is 10.3. The summed E-state index contributed by atoms with van der Waals surface area (Å²) in [6.07, 6.45) is 15.9. The van der Waals surface area contributed by atoms with E-state index in [0.717, 1.165) is 6.54 Å². The molecule has 0 aromatic rings. The Morgan fingerprint density at radius 1 is 1.17 bits per heavy atom. The van der Waals surface area contributed by atoms with E-state index in [2.05, 4.69) is 11.0 Å². The van der Waals surface area contributed by atoms with Gasteiger partial charge in [-0.25, -0.2) is 0 Å². The normalized spacial score (nSPS) is 26.0. The van der Waals surface area contributed by atoms with Crippen LogP contribution >= 0.6 is 0 Å². The van der Waals surface area contributed by atoms with E-state index in [9.17, 15) is 0 Å². The van der Waals surface area contributed by atoms with Crippen molar-refractivity contribution in [2.45, 2.75) is 6.23 Å². The maximum Gasteiger partial charge on any atom is 0.191 e. The zero-order valence-electron chi connectivity index (χ0n) is 6.76. The number of ether oxygens (including phenoxy) is 1. The van der Waals surface area contributed by atoms with Gasteiger partial charge in [-0.1, -0.05) is 18.2 Å². The molecular formula is C10H11NO. The maximum atomic E-state index is 5.39. The monoisotopic (exact) mass is 161 g/mol. The minimum atomic E-state index is 0.0659. The summed E-state index contributed by atoms with van der Waals surface area (Å²) in [5, 5.41) is 0. The zero-order valence-corrected chi connectivity index (χ0v) is 6.76. The van der Waals surface area contributed by atoms with Crippen LogP contribution in [0, 0.1) is 0 Å². The first-order valence-electron chi connectivity index (χ1n) is 4.05. The molecule has 0 N–H and O–H groups in total. The Morgan fingerprint density at radius 2 is 2.17 bits per heavy atom. The van der Waals surface area contributed by atoms with Crippen LogP contribution in [0.4, 0.5) is 0 Å². The van der Waals surface area contributed by atoms with Gasteiger partial charge >= 0.3 is 0 Å². The molecule has 0 unspecified atom stereocenters.